The summed E-state index contributed by atoms with van der Waals surface area (Å²) in [5, 5.41) is 0. The van der Waals surface area contributed by atoms with Gasteiger partial charge in [-0.25, -0.2) is 9.59 Å². The predicted octanol–water partition coefficient (Wildman–Crippen LogP) is 1.39. The molecule has 6 nitrogen and oxygen atoms in total. The van der Waals surface area contributed by atoms with E-state index in [-0.39, 0.29) is 11.1 Å². The van der Waals surface area contributed by atoms with Gasteiger partial charge in [-0.05, 0) is 12.1 Å². The van der Waals surface area contributed by atoms with Crippen LogP contribution in [0.25, 0.3) is 5.57 Å². The number of hydrogen-bond acceptors (Lipinski definition) is 6. The molecule has 0 spiro atoms. The maximum atomic E-state index is 11.7. The van der Waals surface area contributed by atoms with Crippen LogP contribution in [0.5, 0.6) is 11.5 Å². The minimum Gasteiger partial charge on any atom is -0.503 e. The lowest BCUT2D eigenvalue weighted by Crippen LogP contribution is -2.22. The molecule has 1 aromatic rings. The highest BCUT2D eigenvalue weighted by atomic mass is 16.6. The highest BCUT2D eigenvalue weighted by molar-refractivity contribution is 6.26. The summed E-state index contributed by atoms with van der Waals surface area (Å²) in [5.74, 6) is -0.698. The lowest BCUT2D eigenvalue weighted by Gasteiger charge is -2.19. The van der Waals surface area contributed by atoms with Gasteiger partial charge in [0, 0.05) is 5.56 Å². The average Bonchev–Trinajstić information content (AvgIpc) is 2.42. The van der Waals surface area contributed by atoms with E-state index in [4.69, 9.17) is 14.2 Å². The Balaban J connectivity index is 2.68. The van der Waals surface area contributed by atoms with Crippen LogP contribution < -0.4 is 9.47 Å². The van der Waals surface area contributed by atoms with Gasteiger partial charge in [-0.3, -0.25) is 0 Å². The summed E-state index contributed by atoms with van der Waals surface area (Å²) in [6, 6.07) is 3.00. The van der Waals surface area contributed by atoms with Gasteiger partial charge in [0.15, 0.2) is 11.5 Å². The van der Waals surface area contributed by atoms with E-state index >= 15 is 0 Å². The molecule has 6 heteroatoms. The van der Waals surface area contributed by atoms with Gasteiger partial charge >= 0.3 is 11.9 Å². The highest BCUT2D eigenvalue weighted by Crippen LogP contribution is 2.36. The van der Waals surface area contributed by atoms with Gasteiger partial charge in [-0.15, -0.1) is 0 Å². The number of esters is 2. The fourth-order valence-electron chi connectivity index (χ4n) is 1.80. The van der Waals surface area contributed by atoms with E-state index in [0.717, 1.165) is 0 Å². The smallest absolute Gasteiger partial charge is 0.349 e. The predicted molar refractivity (Wildman–Crippen MR) is 65.0 cm³/mol. The molecule has 0 radical (unpaired) electrons. The van der Waals surface area contributed by atoms with Crippen molar-refractivity contribution >= 4 is 17.5 Å². The molecule has 0 aromatic heterocycles. The second-order valence-electron chi connectivity index (χ2n) is 3.70. The van der Waals surface area contributed by atoms with E-state index < -0.39 is 11.9 Å². The third kappa shape index (κ3) is 2.12. The summed E-state index contributed by atoms with van der Waals surface area (Å²) in [6.07, 6.45) is 1.22. The number of fused-ring (bicyclic) bond motifs is 1. The summed E-state index contributed by atoms with van der Waals surface area (Å²) >= 11 is 0. The van der Waals surface area contributed by atoms with Crippen LogP contribution in [-0.2, 0) is 14.3 Å². The highest BCUT2D eigenvalue weighted by Gasteiger charge is 2.31. The molecular weight excluding hydrogens is 252 g/mol. The molecule has 0 aliphatic carbocycles. The van der Waals surface area contributed by atoms with E-state index in [2.05, 4.69) is 4.74 Å². The van der Waals surface area contributed by atoms with Crippen molar-refractivity contribution in [3.63, 3.8) is 0 Å². The van der Waals surface area contributed by atoms with Crippen LogP contribution in [0.3, 0.4) is 0 Å². The lowest BCUT2D eigenvalue weighted by molar-refractivity contribution is -0.131. The van der Waals surface area contributed by atoms with E-state index in [1.54, 1.807) is 0 Å². The number of hydrogen-bond donors (Lipinski definition) is 0. The molecule has 100 valence electrons. The Morgan fingerprint density at radius 2 is 1.53 bits per heavy atom. The van der Waals surface area contributed by atoms with Crippen LogP contribution in [0.1, 0.15) is 15.9 Å². The second-order valence-corrected chi connectivity index (χ2v) is 3.70. The molecule has 0 atom stereocenters. The molecule has 0 saturated heterocycles. The fraction of sp³-hybridized carbons (Fsp3) is 0.231. The maximum Gasteiger partial charge on any atom is 0.349 e. The van der Waals surface area contributed by atoms with Crippen molar-refractivity contribution in [2.45, 2.75) is 0 Å². The molecule has 0 amide bonds. The Bertz CT molecular complexity index is 573. The van der Waals surface area contributed by atoms with Gasteiger partial charge < -0.3 is 18.9 Å². The molecule has 19 heavy (non-hydrogen) atoms. The molecule has 1 aliphatic heterocycles. The Morgan fingerprint density at radius 1 is 0.947 bits per heavy atom. The monoisotopic (exact) mass is 264 g/mol. The number of carbonyl (C=O) groups is 2. The van der Waals surface area contributed by atoms with E-state index in [9.17, 15) is 9.59 Å². The van der Waals surface area contributed by atoms with Gasteiger partial charge in [0.2, 0.25) is 0 Å². The van der Waals surface area contributed by atoms with Crippen LogP contribution in [0, 0.1) is 0 Å². The molecule has 1 heterocycles. The Morgan fingerprint density at radius 3 is 2.05 bits per heavy atom. The SMILES string of the molecule is CO/C=C1\C(=O)OC(=O)c2cc(OC)c(OC)cc21. The molecular formula is C13H12O6. The first kappa shape index (κ1) is 12.9. The summed E-state index contributed by atoms with van der Waals surface area (Å²) in [6.45, 7) is 0. The summed E-state index contributed by atoms with van der Waals surface area (Å²) < 4.78 is 19.7. The first-order valence-electron chi connectivity index (χ1n) is 5.38. The standard InChI is InChI=1S/C13H12O6/c1-16-6-9-7-4-10(17-2)11(18-3)5-8(7)12(14)19-13(9)15/h4-6H,1-3H3/b9-6-. The van der Waals surface area contributed by atoms with E-state index in [1.807, 2.05) is 0 Å². The number of cyclic esters (lactones) is 2. The van der Waals surface area contributed by atoms with Crippen molar-refractivity contribution in [3.8, 4) is 11.5 Å². The van der Waals surface area contributed by atoms with Crippen LogP contribution in [0.15, 0.2) is 18.4 Å². The van der Waals surface area contributed by atoms with Crippen LogP contribution in [-0.4, -0.2) is 33.3 Å². The van der Waals surface area contributed by atoms with Crippen molar-refractivity contribution in [2.24, 2.45) is 0 Å². The largest absolute Gasteiger partial charge is 0.503 e. The molecule has 0 bridgehead atoms. The lowest BCUT2D eigenvalue weighted by atomic mass is 9.97. The molecule has 1 aromatic carbocycles. The van der Waals surface area contributed by atoms with Crippen molar-refractivity contribution in [3.05, 3.63) is 29.5 Å². The Kier molecular flexibility index (Phi) is 3.41. The minimum absolute atomic E-state index is 0.151. The average molecular weight is 264 g/mol. The number of benzene rings is 1. The fourth-order valence-corrected chi connectivity index (χ4v) is 1.80. The van der Waals surface area contributed by atoms with Gasteiger partial charge in [0.1, 0.15) is 5.57 Å². The van der Waals surface area contributed by atoms with E-state index in [0.29, 0.717) is 17.1 Å². The number of methoxy groups -OCH3 is 3. The minimum atomic E-state index is -0.758. The zero-order valence-corrected chi connectivity index (χ0v) is 10.7. The zero-order chi connectivity index (χ0) is 14.0. The number of ether oxygens (including phenoxy) is 4. The van der Waals surface area contributed by atoms with Gasteiger partial charge in [-0.1, -0.05) is 0 Å². The quantitative estimate of drug-likeness (QED) is 0.355. The normalized spacial score (nSPS) is 15.8. The first-order valence-corrected chi connectivity index (χ1v) is 5.38. The van der Waals surface area contributed by atoms with Crippen LogP contribution in [0.2, 0.25) is 0 Å². The molecule has 1 aliphatic rings. The molecule has 0 unspecified atom stereocenters. The third-order valence-corrected chi connectivity index (χ3v) is 2.67. The van der Waals surface area contributed by atoms with Crippen molar-refractivity contribution < 1.29 is 28.5 Å². The number of rotatable bonds is 3. The number of carbonyl (C=O) groups excluding carboxylic acids is 2. The van der Waals surface area contributed by atoms with Crippen LogP contribution >= 0.6 is 0 Å². The van der Waals surface area contributed by atoms with E-state index in [1.165, 1.54) is 39.7 Å². The molecule has 0 N–H and O–H groups in total. The van der Waals surface area contributed by atoms with Crippen molar-refractivity contribution in [2.75, 3.05) is 21.3 Å². The summed E-state index contributed by atoms with van der Waals surface area (Å²) in [4.78, 5) is 23.4. The van der Waals surface area contributed by atoms with Gasteiger partial charge in [0.25, 0.3) is 0 Å². The summed E-state index contributed by atoms with van der Waals surface area (Å²) in [5.41, 5.74) is 0.763. The zero-order valence-electron chi connectivity index (χ0n) is 10.7. The summed E-state index contributed by atoms with van der Waals surface area (Å²) in [7, 11) is 4.32. The van der Waals surface area contributed by atoms with Gasteiger partial charge in [0.05, 0.1) is 33.2 Å². The first-order chi connectivity index (χ1) is 9.12. The van der Waals surface area contributed by atoms with Crippen molar-refractivity contribution in [1.82, 2.24) is 0 Å². The molecule has 2 rings (SSSR count). The van der Waals surface area contributed by atoms with Gasteiger partial charge in [-0.2, -0.15) is 0 Å². The van der Waals surface area contributed by atoms with Crippen LogP contribution in [0.4, 0.5) is 0 Å². The maximum absolute atomic E-state index is 11.7. The Hall–Kier alpha value is -2.50. The second kappa shape index (κ2) is 5.01. The van der Waals surface area contributed by atoms with Crippen molar-refractivity contribution in [1.29, 1.82) is 0 Å². The molecule has 0 saturated carbocycles. The topological polar surface area (TPSA) is 71.1 Å². The Labute approximate surface area is 109 Å². The third-order valence-electron chi connectivity index (χ3n) is 2.67. The molecule has 0 fully saturated rings.